The van der Waals surface area contributed by atoms with Gasteiger partial charge in [-0.1, -0.05) is 40.5 Å². The fourth-order valence-corrected chi connectivity index (χ4v) is 10.7. The normalized spacial score (nSPS) is 44.2. The molecule has 4 fully saturated rings. The average Bonchev–Trinajstić information content (AvgIpc) is 3.17. The third-order valence-electron chi connectivity index (χ3n) is 11.6. The molecule has 0 spiro atoms. The Kier molecular flexibility index (Phi) is 9.23. The van der Waals surface area contributed by atoms with Crippen molar-refractivity contribution in [2.24, 2.45) is 52.3 Å². The van der Waals surface area contributed by atoms with Gasteiger partial charge < -0.3 is 19.3 Å². The molecule has 0 aromatic rings. The van der Waals surface area contributed by atoms with Gasteiger partial charge in [0.25, 0.3) is 0 Å². The lowest BCUT2D eigenvalue weighted by Crippen LogP contribution is -2.62. The summed E-state index contributed by atoms with van der Waals surface area (Å²) in [5.41, 5.74) is -0.150. The second kappa shape index (κ2) is 11.4. The fourth-order valence-electron chi connectivity index (χ4n) is 9.75. The molecule has 12 heteroatoms. The molecule has 4 saturated carbocycles. The van der Waals surface area contributed by atoms with Crippen LogP contribution in [0.4, 0.5) is 0 Å². The van der Waals surface area contributed by atoms with Crippen LogP contribution in [0.3, 0.4) is 0 Å². The van der Waals surface area contributed by atoms with Crippen LogP contribution in [0.15, 0.2) is 0 Å². The minimum absolute atomic E-state index is 0.0149. The largest absolute Gasteiger partial charge is 0.726 e. The summed E-state index contributed by atoms with van der Waals surface area (Å²) in [5.74, 6) is 1.37. The molecule has 0 saturated heterocycles. The Hall–Kier alpha value is -0.340. The van der Waals surface area contributed by atoms with Gasteiger partial charge in [0, 0.05) is 0 Å². The maximum absolute atomic E-state index is 11.5. The molecule has 2 N–H and O–H groups in total. The maximum Gasteiger partial charge on any atom is 0.217 e. The summed E-state index contributed by atoms with van der Waals surface area (Å²) in [6.07, 6.45) is 5.45. The Bertz CT molecular complexity index is 1080. The van der Waals surface area contributed by atoms with E-state index >= 15 is 0 Å². The summed E-state index contributed by atoms with van der Waals surface area (Å²) in [4.78, 5) is 0. The monoisotopic (exact) mass is 594 g/mol. The zero-order valence-electron chi connectivity index (χ0n) is 23.5. The molecule has 12 atom stereocenters. The molecule has 10 nitrogen and oxygen atoms in total. The third-order valence-corrected chi connectivity index (χ3v) is 12.5. The Labute approximate surface area is 234 Å². The van der Waals surface area contributed by atoms with Gasteiger partial charge in [-0.25, -0.2) is 16.8 Å². The van der Waals surface area contributed by atoms with Gasteiger partial charge in [-0.2, -0.15) is 0 Å². The third kappa shape index (κ3) is 6.53. The van der Waals surface area contributed by atoms with Crippen molar-refractivity contribution in [1.29, 1.82) is 0 Å². The van der Waals surface area contributed by atoms with Crippen molar-refractivity contribution in [3.05, 3.63) is 0 Å². The van der Waals surface area contributed by atoms with Gasteiger partial charge in [-0.15, -0.1) is 0 Å². The summed E-state index contributed by atoms with van der Waals surface area (Å²) in [6.45, 7) is 8.66. The molecule has 0 aromatic carbocycles. The lowest BCUT2D eigenvalue weighted by atomic mass is 9.43. The van der Waals surface area contributed by atoms with E-state index < -0.39 is 39.1 Å². The standard InChI is InChI=1S/C27H48O10S2/c1-16(15-36-38(30,31)32)6-5-7-17(2)18-8-9-19-24-20(10-12-26(18,19)3)27(4)13-11-23(37-39(33,34)35)25(29)21(27)14-22(24)28/h16-25,28-29H,5-15H2,1-4H3,(H,30,31,32)(H,33,34,35)/p-2/t16?,17-,18-,19?,20?,21+,22-,23-,24?,25-,26-,27-/m1/s1. The van der Waals surface area contributed by atoms with Crippen LogP contribution in [0.2, 0.25) is 0 Å². The Balaban J connectivity index is 1.41. The average molecular weight is 595 g/mol. The van der Waals surface area contributed by atoms with Crippen LogP contribution >= 0.6 is 0 Å². The molecule has 39 heavy (non-hydrogen) atoms. The van der Waals surface area contributed by atoms with Crippen LogP contribution in [0, 0.1) is 52.3 Å². The van der Waals surface area contributed by atoms with Gasteiger partial charge in [0.1, 0.15) is 6.10 Å². The summed E-state index contributed by atoms with van der Waals surface area (Å²) >= 11 is 0. The molecule has 228 valence electrons. The summed E-state index contributed by atoms with van der Waals surface area (Å²) in [7, 11) is -9.58. The first-order chi connectivity index (χ1) is 18.0. The van der Waals surface area contributed by atoms with Crippen molar-refractivity contribution in [3.8, 4) is 0 Å². The SMILES string of the molecule is CC(CCC[C@@H](C)[C@H]1CCC2C3C(CC[C@@]21C)[C@@]1(C)CC[C@@H](OS(=O)(=O)[O-])[C@H](O)[C@@H]1C[C@H]3O)COS(=O)(=O)[O-]. The lowest BCUT2D eigenvalue weighted by Gasteiger charge is -2.63. The van der Waals surface area contributed by atoms with Crippen molar-refractivity contribution in [1.82, 2.24) is 0 Å². The highest BCUT2D eigenvalue weighted by Gasteiger charge is 2.64. The van der Waals surface area contributed by atoms with E-state index in [1.54, 1.807) is 0 Å². The van der Waals surface area contributed by atoms with Crippen LogP contribution < -0.4 is 0 Å². The molecule has 4 unspecified atom stereocenters. The van der Waals surface area contributed by atoms with E-state index in [4.69, 9.17) is 4.18 Å². The lowest BCUT2D eigenvalue weighted by molar-refractivity contribution is -0.204. The quantitative estimate of drug-likeness (QED) is 0.282. The number of rotatable bonds is 10. The Morgan fingerprint density at radius 2 is 1.51 bits per heavy atom. The zero-order valence-corrected chi connectivity index (χ0v) is 25.2. The number of hydrogen-bond acceptors (Lipinski definition) is 10. The maximum atomic E-state index is 11.5. The van der Waals surface area contributed by atoms with Crippen LogP contribution in [0.5, 0.6) is 0 Å². The summed E-state index contributed by atoms with van der Waals surface area (Å²) in [5, 5.41) is 22.5. The summed E-state index contributed by atoms with van der Waals surface area (Å²) in [6, 6.07) is 0. The molecule has 0 heterocycles. The number of aliphatic hydroxyl groups excluding tert-OH is 2. The van der Waals surface area contributed by atoms with Crippen molar-refractivity contribution in [3.63, 3.8) is 0 Å². The van der Waals surface area contributed by atoms with E-state index in [1.165, 1.54) is 0 Å². The Morgan fingerprint density at radius 3 is 2.15 bits per heavy atom. The molecule has 4 aliphatic rings. The number of aliphatic hydroxyl groups is 2. The first-order valence-corrected chi connectivity index (χ1v) is 17.2. The number of hydrogen-bond donors (Lipinski definition) is 2. The minimum Gasteiger partial charge on any atom is -0.726 e. The first kappa shape index (κ1) is 31.6. The second-order valence-electron chi connectivity index (χ2n) is 13.7. The molecule has 0 aliphatic heterocycles. The highest BCUT2D eigenvalue weighted by molar-refractivity contribution is 7.81. The van der Waals surface area contributed by atoms with Crippen molar-refractivity contribution in [2.45, 2.75) is 110 Å². The second-order valence-corrected chi connectivity index (χ2v) is 15.8. The fraction of sp³-hybridized carbons (Fsp3) is 1.00. The first-order valence-electron chi connectivity index (χ1n) is 14.6. The molecule has 0 radical (unpaired) electrons. The van der Waals surface area contributed by atoms with E-state index in [9.17, 15) is 36.2 Å². The molecule has 0 aromatic heterocycles. The van der Waals surface area contributed by atoms with Crippen molar-refractivity contribution in [2.75, 3.05) is 6.61 Å². The Morgan fingerprint density at radius 1 is 0.872 bits per heavy atom. The minimum atomic E-state index is -4.92. The molecular formula is C27H46O10S2-2. The molecule has 4 rings (SSSR count). The van der Waals surface area contributed by atoms with Gasteiger partial charge in [0.15, 0.2) is 0 Å². The topological polar surface area (TPSA) is 173 Å². The number of fused-ring (bicyclic) bond motifs is 5. The van der Waals surface area contributed by atoms with Crippen LogP contribution in [0.1, 0.15) is 91.9 Å². The molecular weight excluding hydrogens is 548 g/mol. The van der Waals surface area contributed by atoms with E-state index in [2.05, 4.69) is 25.0 Å². The van der Waals surface area contributed by atoms with Crippen molar-refractivity contribution < 1.29 is 44.5 Å². The molecule has 0 bridgehead atoms. The van der Waals surface area contributed by atoms with E-state index in [0.29, 0.717) is 37.0 Å². The van der Waals surface area contributed by atoms with E-state index in [1.807, 2.05) is 6.92 Å². The van der Waals surface area contributed by atoms with Gasteiger partial charge >= 0.3 is 0 Å². The summed E-state index contributed by atoms with van der Waals surface area (Å²) < 4.78 is 74.9. The molecule has 0 amide bonds. The van der Waals surface area contributed by atoms with Crippen molar-refractivity contribution >= 4 is 20.8 Å². The van der Waals surface area contributed by atoms with Gasteiger partial charge in [-0.3, -0.25) is 8.37 Å². The van der Waals surface area contributed by atoms with E-state index in [0.717, 1.165) is 44.9 Å². The molecule has 4 aliphatic carbocycles. The smallest absolute Gasteiger partial charge is 0.217 e. The van der Waals surface area contributed by atoms with Crippen LogP contribution in [-0.4, -0.2) is 61.1 Å². The van der Waals surface area contributed by atoms with Crippen LogP contribution in [-0.2, 0) is 29.2 Å². The highest BCUT2D eigenvalue weighted by Crippen LogP contribution is 2.68. The van der Waals surface area contributed by atoms with E-state index in [-0.39, 0.29) is 41.1 Å². The zero-order chi connectivity index (χ0) is 29.0. The van der Waals surface area contributed by atoms with Gasteiger partial charge in [-0.05, 0) is 104 Å². The predicted molar refractivity (Wildman–Crippen MR) is 140 cm³/mol. The predicted octanol–water partition coefficient (Wildman–Crippen LogP) is 3.35. The van der Waals surface area contributed by atoms with Crippen LogP contribution in [0.25, 0.3) is 0 Å². The van der Waals surface area contributed by atoms with Gasteiger partial charge in [0.2, 0.25) is 20.8 Å². The van der Waals surface area contributed by atoms with Gasteiger partial charge in [0.05, 0.1) is 18.8 Å². The highest BCUT2D eigenvalue weighted by atomic mass is 32.3.